The number of aromatic carboxylic acids is 1. The average molecular weight is 260 g/mol. The molecule has 1 unspecified atom stereocenters. The summed E-state index contributed by atoms with van der Waals surface area (Å²) in [6, 6.07) is 6.52. The molecule has 1 aromatic rings. The highest BCUT2D eigenvalue weighted by Gasteiger charge is 2.26. The molecule has 0 saturated heterocycles. The number of carboxylic acid groups (broad SMARTS) is 1. The maximum atomic E-state index is 11.4. The Morgan fingerprint density at radius 1 is 1.32 bits per heavy atom. The first-order chi connectivity index (χ1) is 9.11. The first-order valence-corrected chi connectivity index (χ1v) is 6.37. The van der Waals surface area contributed by atoms with Crippen molar-refractivity contribution in [2.24, 2.45) is 0 Å². The fourth-order valence-electron chi connectivity index (χ4n) is 2.14. The van der Waals surface area contributed by atoms with E-state index in [1.807, 2.05) is 0 Å². The molecule has 19 heavy (non-hydrogen) atoms. The summed E-state index contributed by atoms with van der Waals surface area (Å²) >= 11 is 0. The van der Waals surface area contributed by atoms with E-state index in [2.05, 4.69) is 6.92 Å². The third kappa shape index (κ3) is 3.02. The number of carboxylic acids is 1. The van der Waals surface area contributed by atoms with Gasteiger partial charge in [-0.25, -0.2) is 9.59 Å². The van der Waals surface area contributed by atoms with Gasteiger partial charge in [0, 0.05) is 11.6 Å². The summed E-state index contributed by atoms with van der Waals surface area (Å²) in [5, 5.41) is 8.86. The highest BCUT2D eigenvalue weighted by atomic mass is 16.5. The van der Waals surface area contributed by atoms with Crippen LogP contribution in [0, 0.1) is 0 Å². The molecule has 100 valence electrons. The molecule has 0 aromatic heterocycles. The van der Waals surface area contributed by atoms with Crippen molar-refractivity contribution in [3.8, 4) is 0 Å². The lowest BCUT2D eigenvalue weighted by molar-refractivity contribution is -0.138. The molecular weight excluding hydrogens is 244 g/mol. The third-order valence-electron chi connectivity index (χ3n) is 3.16. The molecule has 1 aromatic carbocycles. The number of benzene rings is 1. The van der Waals surface area contributed by atoms with Gasteiger partial charge in [-0.05, 0) is 30.5 Å². The topological polar surface area (TPSA) is 63.6 Å². The Bertz CT molecular complexity index is 513. The number of hydrogen-bond donors (Lipinski definition) is 1. The lowest BCUT2D eigenvalue weighted by Gasteiger charge is -2.14. The molecule has 2 rings (SSSR count). The molecule has 4 nitrogen and oxygen atoms in total. The number of unbranched alkanes of at least 4 members (excludes halogenated alkanes) is 1. The van der Waals surface area contributed by atoms with Crippen molar-refractivity contribution in [3.05, 3.63) is 41.5 Å². The normalized spacial score (nSPS) is 18.1. The largest absolute Gasteiger partial charge is 0.478 e. The molecule has 1 aliphatic rings. The van der Waals surface area contributed by atoms with E-state index in [9.17, 15) is 9.59 Å². The molecule has 0 aliphatic carbocycles. The second kappa shape index (κ2) is 5.69. The zero-order chi connectivity index (χ0) is 13.8. The van der Waals surface area contributed by atoms with Crippen LogP contribution in [-0.2, 0) is 9.53 Å². The Labute approximate surface area is 111 Å². The standard InChI is InChI=1S/C15H16O4/c1-2-3-4-13-12(9-14(16)19-13)10-5-7-11(8-6-10)15(17)18/h5-9,13H,2-4H2,1H3,(H,17,18). The number of carbonyl (C=O) groups excluding carboxylic acids is 1. The van der Waals surface area contributed by atoms with Crippen molar-refractivity contribution in [1.29, 1.82) is 0 Å². The first kappa shape index (κ1) is 13.3. The van der Waals surface area contributed by atoms with E-state index in [4.69, 9.17) is 9.84 Å². The van der Waals surface area contributed by atoms with Crippen LogP contribution in [0.15, 0.2) is 30.3 Å². The molecule has 0 fully saturated rings. The van der Waals surface area contributed by atoms with Crippen molar-refractivity contribution in [1.82, 2.24) is 0 Å². The van der Waals surface area contributed by atoms with Crippen LogP contribution in [0.25, 0.3) is 5.57 Å². The molecule has 1 N–H and O–H groups in total. The summed E-state index contributed by atoms with van der Waals surface area (Å²) in [4.78, 5) is 22.2. The molecule has 0 amide bonds. The smallest absolute Gasteiger partial charge is 0.335 e. The van der Waals surface area contributed by atoms with Gasteiger partial charge in [0.1, 0.15) is 6.10 Å². The molecule has 1 heterocycles. The highest BCUT2D eigenvalue weighted by Crippen LogP contribution is 2.29. The Balaban J connectivity index is 2.21. The van der Waals surface area contributed by atoms with Gasteiger partial charge in [0.2, 0.25) is 0 Å². The number of cyclic esters (lactones) is 1. The van der Waals surface area contributed by atoms with Crippen LogP contribution < -0.4 is 0 Å². The quantitative estimate of drug-likeness (QED) is 0.827. The molecule has 1 aliphatic heterocycles. The van der Waals surface area contributed by atoms with E-state index in [0.29, 0.717) is 0 Å². The predicted molar refractivity (Wildman–Crippen MR) is 70.8 cm³/mol. The second-order valence-corrected chi connectivity index (χ2v) is 4.55. The number of ether oxygens (including phenoxy) is 1. The highest BCUT2D eigenvalue weighted by molar-refractivity contribution is 5.97. The lowest BCUT2D eigenvalue weighted by atomic mass is 9.97. The van der Waals surface area contributed by atoms with Gasteiger partial charge in [0.25, 0.3) is 0 Å². The Morgan fingerprint density at radius 3 is 2.58 bits per heavy atom. The van der Waals surface area contributed by atoms with E-state index in [0.717, 1.165) is 30.4 Å². The van der Waals surface area contributed by atoms with Crippen LogP contribution in [0.1, 0.15) is 42.1 Å². The average Bonchev–Trinajstić information content (AvgIpc) is 2.77. The summed E-state index contributed by atoms with van der Waals surface area (Å²) in [7, 11) is 0. The van der Waals surface area contributed by atoms with Crippen LogP contribution in [0.3, 0.4) is 0 Å². The minimum Gasteiger partial charge on any atom is -0.478 e. The summed E-state index contributed by atoms with van der Waals surface area (Å²) in [6.45, 7) is 2.09. The van der Waals surface area contributed by atoms with Gasteiger partial charge in [-0.2, -0.15) is 0 Å². The van der Waals surface area contributed by atoms with Crippen LogP contribution in [0.5, 0.6) is 0 Å². The van der Waals surface area contributed by atoms with Gasteiger partial charge in [-0.1, -0.05) is 25.5 Å². The monoisotopic (exact) mass is 260 g/mol. The van der Waals surface area contributed by atoms with E-state index in [-0.39, 0.29) is 17.6 Å². The fourth-order valence-corrected chi connectivity index (χ4v) is 2.14. The number of hydrogen-bond acceptors (Lipinski definition) is 3. The molecule has 1 atom stereocenters. The van der Waals surface area contributed by atoms with Crippen molar-refractivity contribution in [3.63, 3.8) is 0 Å². The van der Waals surface area contributed by atoms with Crippen LogP contribution in [-0.4, -0.2) is 23.1 Å². The van der Waals surface area contributed by atoms with Crippen molar-refractivity contribution < 1.29 is 19.4 Å². The minimum absolute atomic E-state index is 0.205. The van der Waals surface area contributed by atoms with Crippen LogP contribution in [0.2, 0.25) is 0 Å². The van der Waals surface area contributed by atoms with Gasteiger partial charge in [-0.3, -0.25) is 0 Å². The molecular formula is C15H16O4. The molecule has 0 bridgehead atoms. The number of carbonyl (C=O) groups is 2. The lowest BCUT2D eigenvalue weighted by Crippen LogP contribution is -2.11. The van der Waals surface area contributed by atoms with E-state index < -0.39 is 5.97 Å². The summed E-state index contributed by atoms with van der Waals surface area (Å²) in [6.07, 6.45) is 4.12. The van der Waals surface area contributed by atoms with Gasteiger partial charge < -0.3 is 9.84 Å². The van der Waals surface area contributed by atoms with Crippen molar-refractivity contribution in [2.45, 2.75) is 32.3 Å². The van der Waals surface area contributed by atoms with Gasteiger partial charge >= 0.3 is 11.9 Å². The third-order valence-corrected chi connectivity index (χ3v) is 3.16. The van der Waals surface area contributed by atoms with Crippen molar-refractivity contribution in [2.75, 3.05) is 0 Å². The first-order valence-electron chi connectivity index (χ1n) is 6.37. The summed E-state index contributed by atoms with van der Waals surface area (Å²) < 4.78 is 5.26. The van der Waals surface area contributed by atoms with E-state index in [1.165, 1.54) is 18.2 Å². The molecule has 0 spiro atoms. The maximum absolute atomic E-state index is 11.4. The summed E-state index contributed by atoms with van der Waals surface area (Å²) in [5.74, 6) is -1.28. The number of rotatable bonds is 5. The molecule has 4 heteroatoms. The molecule has 0 radical (unpaired) electrons. The summed E-state index contributed by atoms with van der Waals surface area (Å²) in [5.41, 5.74) is 1.92. The zero-order valence-corrected chi connectivity index (χ0v) is 10.8. The Kier molecular flexibility index (Phi) is 4.00. The van der Waals surface area contributed by atoms with E-state index in [1.54, 1.807) is 12.1 Å². The Morgan fingerprint density at radius 2 is 2.00 bits per heavy atom. The van der Waals surface area contributed by atoms with Gasteiger partial charge in [0.15, 0.2) is 0 Å². The minimum atomic E-state index is -0.957. The fraction of sp³-hybridized carbons (Fsp3) is 0.333. The molecule has 0 saturated carbocycles. The second-order valence-electron chi connectivity index (χ2n) is 4.55. The van der Waals surface area contributed by atoms with Gasteiger partial charge in [-0.15, -0.1) is 0 Å². The van der Waals surface area contributed by atoms with Crippen LogP contribution in [0.4, 0.5) is 0 Å². The Hall–Kier alpha value is -2.10. The van der Waals surface area contributed by atoms with Gasteiger partial charge in [0.05, 0.1) is 5.56 Å². The van der Waals surface area contributed by atoms with E-state index >= 15 is 0 Å². The predicted octanol–water partition coefficient (Wildman–Crippen LogP) is 2.88. The zero-order valence-electron chi connectivity index (χ0n) is 10.8. The SMILES string of the molecule is CCCCC1OC(=O)C=C1c1ccc(C(=O)O)cc1. The van der Waals surface area contributed by atoms with Crippen molar-refractivity contribution >= 4 is 17.5 Å². The maximum Gasteiger partial charge on any atom is 0.335 e. The number of esters is 1. The van der Waals surface area contributed by atoms with Crippen LogP contribution >= 0.6 is 0 Å².